The molecule has 0 atom stereocenters. The third-order valence-electron chi connectivity index (χ3n) is 5.36. The zero-order chi connectivity index (χ0) is 22.8. The summed E-state index contributed by atoms with van der Waals surface area (Å²) < 4.78 is 14.4. The van der Waals surface area contributed by atoms with E-state index in [9.17, 15) is 9.59 Å². The molecule has 8 heteroatoms. The molecule has 0 spiro atoms. The number of nitrogens with zero attached hydrogens (tertiary/aromatic N) is 4. The van der Waals surface area contributed by atoms with Gasteiger partial charge in [0.1, 0.15) is 12.4 Å². The highest BCUT2D eigenvalue weighted by Gasteiger charge is 2.16. The van der Waals surface area contributed by atoms with Gasteiger partial charge >= 0.3 is 5.97 Å². The van der Waals surface area contributed by atoms with Crippen molar-refractivity contribution < 1.29 is 14.3 Å². The molecule has 0 fully saturated rings. The Hall–Kier alpha value is -4.46. The molecule has 5 aromatic rings. The van der Waals surface area contributed by atoms with Crippen LogP contribution in [0.3, 0.4) is 0 Å². The zero-order valence-electron chi connectivity index (χ0n) is 17.8. The van der Waals surface area contributed by atoms with Crippen LogP contribution in [0, 0.1) is 0 Å². The molecule has 0 saturated heterocycles. The summed E-state index contributed by atoms with van der Waals surface area (Å²) in [5, 5.41) is 8.77. The first-order valence-corrected chi connectivity index (χ1v) is 10.4. The molecular weight excluding hydrogens is 420 g/mol. The lowest BCUT2D eigenvalue weighted by molar-refractivity contribution is 0.0461. The number of carbonyl (C=O) groups excluding carboxylic acids is 1. The van der Waals surface area contributed by atoms with Gasteiger partial charge in [-0.25, -0.2) is 4.79 Å². The van der Waals surface area contributed by atoms with Gasteiger partial charge in [-0.2, -0.15) is 0 Å². The number of hydrogen-bond donors (Lipinski definition) is 0. The number of aromatic nitrogens is 4. The van der Waals surface area contributed by atoms with Crippen LogP contribution in [0.15, 0.2) is 83.7 Å². The van der Waals surface area contributed by atoms with Crippen LogP contribution in [0.1, 0.15) is 21.7 Å². The Bertz CT molecular complexity index is 1510. The van der Waals surface area contributed by atoms with Gasteiger partial charge < -0.3 is 9.47 Å². The molecule has 0 bridgehead atoms. The van der Waals surface area contributed by atoms with E-state index in [0.29, 0.717) is 40.4 Å². The second kappa shape index (κ2) is 8.58. The van der Waals surface area contributed by atoms with E-state index in [0.717, 1.165) is 5.56 Å². The number of benzene rings is 3. The second-order valence-corrected chi connectivity index (χ2v) is 7.51. The minimum Gasteiger partial charge on any atom is -0.489 e. The molecule has 0 unspecified atom stereocenters. The minimum atomic E-state index is -0.490. The quantitative estimate of drug-likeness (QED) is 0.376. The maximum Gasteiger partial charge on any atom is 0.338 e. The second-order valence-electron chi connectivity index (χ2n) is 7.51. The van der Waals surface area contributed by atoms with Gasteiger partial charge in [0.2, 0.25) is 5.78 Å². The highest BCUT2D eigenvalue weighted by Crippen LogP contribution is 2.17. The van der Waals surface area contributed by atoms with Crippen molar-refractivity contribution in [3.05, 3.63) is 106 Å². The summed E-state index contributed by atoms with van der Waals surface area (Å²) in [7, 11) is 1.63. The van der Waals surface area contributed by atoms with Crippen LogP contribution in [-0.2, 0) is 25.0 Å². The number of fused-ring (bicyclic) bond motifs is 3. The van der Waals surface area contributed by atoms with Gasteiger partial charge in [-0.05, 0) is 42.0 Å². The van der Waals surface area contributed by atoms with Crippen molar-refractivity contribution in [1.82, 2.24) is 19.2 Å². The standard InChI is InChI=1S/C25H20N4O4/c1-28-23(30)20-9-5-6-10-21(20)29-22(26-27-25(28)29)16-33-24(31)18-11-13-19(14-12-18)32-15-17-7-3-2-4-8-17/h2-14H,15-16H2,1H3. The van der Waals surface area contributed by atoms with E-state index in [1.165, 1.54) is 4.57 Å². The van der Waals surface area contributed by atoms with Crippen LogP contribution < -0.4 is 10.3 Å². The predicted octanol–water partition coefficient (Wildman–Crippen LogP) is 3.52. The van der Waals surface area contributed by atoms with Crippen molar-refractivity contribution in [3.63, 3.8) is 0 Å². The SMILES string of the molecule is Cn1c(=O)c2ccccc2n2c(COC(=O)c3ccc(OCc4ccccc4)cc3)nnc12. The molecule has 2 heterocycles. The molecule has 0 N–H and O–H groups in total. The van der Waals surface area contributed by atoms with Crippen molar-refractivity contribution in [2.24, 2.45) is 7.05 Å². The van der Waals surface area contributed by atoms with E-state index in [4.69, 9.17) is 9.47 Å². The first kappa shape index (κ1) is 20.4. The summed E-state index contributed by atoms with van der Waals surface area (Å²) in [4.78, 5) is 25.1. The maximum atomic E-state index is 12.6. The normalized spacial score (nSPS) is 11.1. The Balaban J connectivity index is 1.31. The molecule has 0 aliphatic carbocycles. The molecule has 0 aliphatic rings. The van der Waals surface area contributed by atoms with Gasteiger partial charge in [0.15, 0.2) is 12.4 Å². The van der Waals surface area contributed by atoms with Crippen LogP contribution >= 0.6 is 0 Å². The number of aryl methyl sites for hydroxylation is 1. The van der Waals surface area contributed by atoms with Gasteiger partial charge in [-0.3, -0.25) is 13.8 Å². The fraction of sp³-hybridized carbons (Fsp3) is 0.120. The van der Waals surface area contributed by atoms with E-state index in [1.54, 1.807) is 47.8 Å². The molecule has 33 heavy (non-hydrogen) atoms. The molecule has 164 valence electrons. The zero-order valence-corrected chi connectivity index (χ0v) is 17.8. The molecule has 5 rings (SSSR count). The lowest BCUT2D eigenvalue weighted by atomic mass is 10.2. The molecule has 3 aromatic carbocycles. The number of para-hydroxylation sites is 1. The van der Waals surface area contributed by atoms with E-state index >= 15 is 0 Å². The first-order chi connectivity index (χ1) is 16.1. The summed E-state index contributed by atoms with van der Waals surface area (Å²) in [6.07, 6.45) is 0. The fourth-order valence-corrected chi connectivity index (χ4v) is 3.63. The number of rotatable bonds is 6. The smallest absolute Gasteiger partial charge is 0.338 e. The van der Waals surface area contributed by atoms with E-state index in [-0.39, 0.29) is 12.2 Å². The monoisotopic (exact) mass is 440 g/mol. The van der Waals surface area contributed by atoms with Crippen LogP contribution in [0.5, 0.6) is 5.75 Å². The van der Waals surface area contributed by atoms with Crippen molar-refractivity contribution in [3.8, 4) is 5.75 Å². The molecular formula is C25H20N4O4. The Morgan fingerprint density at radius 1 is 0.879 bits per heavy atom. The van der Waals surface area contributed by atoms with Crippen LogP contribution in [-0.4, -0.2) is 25.1 Å². The Kier molecular flexibility index (Phi) is 5.32. The largest absolute Gasteiger partial charge is 0.489 e. The first-order valence-electron chi connectivity index (χ1n) is 10.4. The minimum absolute atomic E-state index is 0.0888. The number of esters is 1. The van der Waals surface area contributed by atoms with Crippen LogP contribution in [0.4, 0.5) is 0 Å². The Morgan fingerprint density at radius 2 is 1.61 bits per heavy atom. The average Bonchev–Trinajstić information content (AvgIpc) is 3.30. The highest BCUT2D eigenvalue weighted by molar-refractivity contribution is 5.89. The maximum absolute atomic E-state index is 12.6. The van der Waals surface area contributed by atoms with Crippen molar-refractivity contribution in [1.29, 1.82) is 0 Å². The van der Waals surface area contributed by atoms with E-state index < -0.39 is 5.97 Å². The van der Waals surface area contributed by atoms with Gasteiger partial charge in [-0.15, -0.1) is 10.2 Å². The molecule has 8 nitrogen and oxygen atoms in total. The lowest BCUT2D eigenvalue weighted by Crippen LogP contribution is -2.20. The van der Waals surface area contributed by atoms with Crippen molar-refractivity contribution in [2.75, 3.05) is 0 Å². The highest BCUT2D eigenvalue weighted by atomic mass is 16.5. The van der Waals surface area contributed by atoms with E-state index in [1.807, 2.05) is 42.5 Å². The van der Waals surface area contributed by atoms with Gasteiger partial charge in [-0.1, -0.05) is 42.5 Å². The van der Waals surface area contributed by atoms with Gasteiger partial charge in [0.25, 0.3) is 5.56 Å². The van der Waals surface area contributed by atoms with Gasteiger partial charge in [0.05, 0.1) is 16.5 Å². The van der Waals surface area contributed by atoms with Crippen molar-refractivity contribution in [2.45, 2.75) is 13.2 Å². The average molecular weight is 440 g/mol. The third-order valence-corrected chi connectivity index (χ3v) is 5.36. The summed E-state index contributed by atoms with van der Waals surface area (Å²) in [5.74, 6) is 0.972. The van der Waals surface area contributed by atoms with E-state index in [2.05, 4.69) is 10.2 Å². The lowest BCUT2D eigenvalue weighted by Gasteiger charge is -2.09. The van der Waals surface area contributed by atoms with Crippen LogP contribution in [0.2, 0.25) is 0 Å². The fourth-order valence-electron chi connectivity index (χ4n) is 3.63. The Labute approximate surface area is 188 Å². The molecule has 0 saturated carbocycles. The number of carbonyl (C=O) groups is 1. The predicted molar refractivity (Wildman–Crippen MR) is 122 cm³/mol. The van der Waals surface area contributed by atoms with Crippen molar-refractivity contribution >= 4 is 22.6 Å². The molecule has 0 radical (unpaired) electrons. The summed E-state index contributed by atoms with van der Waals surface area (Å²) in [6, 6.07) is 23.8. The topological polar surface area (TPSA) is 87.7 Å². The van der Waals surface area contributed by atoms with Gasteiger partial charge in [0, 0.05) is 7.05 Å². The molecule has 0 aliphatic heterocycles. The summed E-state index contributed by atoms with van der Waals surface area (Å²) in [5.41, 5.74) is 1.95. The number of ether oxygens (including phenoxy) is 2. The third kappa shape index (κ3) is 3.94. The molecule has 2 aromatic heterocycles. The summed E-state index contributed by atoms with van der Waals surface area (Å²) in [6.45, 7) is 0.357. The number of hydrogen-bond acceptors (Lipinski definition) is 6. The summed E-state index contributed by atoms with van der Waals surface area (Å²) >= 11 is 0. The Morgan fingerprint density at radius 3 is 2.39 bits per heavy atom. The molecule has 0 amide bonds. The van der Waals surface area contributed by atoms with Crippen LogP contribution in [0.25, 0.3) is 16.7 Å².